The number of guanidine groups is 1. The van der Waals surface area contributed by atoms with Crippen molar-refractivity contribution in [2.75, 3.05) is 13.1 Å². The van der Waals surface area contributed by atoms with Crippen molar-refractivity contribution < 1.29 is 19.2 Å². The van der Waals surface area contributed by atoms with Gasteiger partial charge in [0.15, 0.2) is 11.8 Å². The second-order valence-electron chi connectivity index (χ2n) is 11.3. The molecule has 46 heavy (non-hydrogen) atoms. The van der Waals surface area contributed by atoms with Crippen molar-refractivity contribution in [1.29, 1.82) is 0 Å². The monoisotopic (exact) mass is 633 g/mol. The Morgan fingerprint density at radius 3 is 2.37 bits per heavy atom. The zero-order valence-electron chi connectivity index (χ0n) is 26.6. The van der Waals surface area contributed by atoms with Gasteiger partial charge in [-0.05, 0) is 93.3 Å². The molecule has 0 saturated heterocycles. The Kier molecular flexibility index (Phi) is 14.2. The molecule has 0 unspecified atom stereocenters. The zero-order valence-corrected chi connectivity index (χ0v) is 26.6. The summed E-state index contributed by atoms with van der Waals surface area (Å²) in [7, 11) is 0. The maximum absolute atomic E-state index is 13.8. The van der Waals surface area contributed by atoms with Crippen molar-refractivity contribution >= 4 is 23.8 Å². The van der Waals surface area contributed by atoms with Gasteiger partial charge in [-0.1, -0.05) is 47.6 Å². The van der Waals surface area contributed by atoms with Crippen LogP contribution in [0.1, 0.15) is 78.5 Å². The number of phenols is 1. The SMILES string of the molecule is Cc1cc(O)cc(C)c1/C=C/[C@H](NC(=O)[C@H](N)CCCCN=C(N)N)C(=O)N[C@@H](CCCCN)c1nc(Cc2ccccc2)no1. The third-order valence-electron chi connectivity index (χ3n) is 7.42. The van der Waals surface area contributed by atoms with E-state index >= 15 is 0 Å². The first-order valence-electron chi connectivity index (χ1n) is 15.5. The van der Waals surface area contributed by atoms with Gasteiger partial charge in [0.25, 0.3) is 0 Å². The fraction of sp³-hybridized carbons (Fsp3) is 0.424. The first-order valence-corrected chi connectivity index (χ1v) is 15.5. The molecular weight excluding hydrogens is 586 g/mol. The van der Waals surface area contributed by atoms with E-state index in [9.17, 15) is 14.7 Å². The number of aromatic hydroxyl groups is 1. The molecule has 3 atom stereocenters. The predicted molar refractivity (Wildman–Crippen MR) is 178 cm³/mol. The van der Waals surface area contributed by atoms with Crippen LogP contribution in [0.25, 0.3) is 6.08 Å². The van der Waals surface area contributed by atoms with Gasteiger partial charge in [0.05, 0.1) is 6.04 Å². The van der Waals surface area contributed by atoms with Gasteiger partial charge < -0.3 is 43.2 Å². The standard InChI is InChI=1S/C33H47N9O4/c1-21-18-24(43)19-22(2)25(21)14-15-27(39-30(44)26(35)12-7-9-17-38-33(36)37)31(45)40-28(13-6-8-16-34)32-41-29(42-46-32)20-23-10-4-3-5-11-23/h3-5,10-11,14-15,18-19,26-28,43H,6-9,12-13,16-17,20,34-35H2,1-2H3,(H,39,44)(H,40,45)(H4,36,37,38)/b15-14+/t26-,27+,28+/m1/s1. The number of aromatic nitrogens is 2. The van der Waals surface area contributed by atoms with Crippen molar-refractivity contribution in [3.8, 4) is 5.75 Å². The fourth-order valence-corrected chi connectivity index (χ4v) is 4.95. The lowest BCUT2D eigenvalue weighted by Gasteiger charge is -2.21. The number of hydrogen-bond acceptors (Lipinski definition) is 9. The molecule has 3 aromatic rings. The quantitative estimate of drug-likeness (QED) is 0.0613. The van der Waals surface area contributed by atoms with E-state index in [0.29, 0.717) is 57.4 Å². The van der Waals surface area contributed by atoms with Crippen LogP contribution in [0.2, 0.25) is 0 Å². The summed E-state index contributed by atoms with van der Waals surface area (Å²) in [4.78, 5) is 35.5. The topological polar surface area (TPSA) is 234 Å². The summed E-state index contributed by atoms with van der Waals surface area (Å²) in [5, 5.41) is 19.9. The van der Waals surface area contributed by atoms with Gasteiger partial charge in [-0.2, -0.15) is 4.98 Å². The van der Waals surface area contributed by atoms with Crippen molar-refractivity contribution in [2.24, 2.45) is 27.9 Å². The van der Waals surface area contributed by atoms with Crippen LogP contribution < -0.4 is 33.6 Å². The van der Waals surface area contributed by atoms with Crippen LogP contribution in [-0.2, 0) is 16.0 Å². The lowest BCUT2D eigenvalue weighted by molar-refractivity contribution is -0.129. The molecule has 0 aliphatic rings. The highest BCUT2D eigenvalue weighted by Gasteiger charge is 2.27. The largest absolute Gasteiger partial charge is 0.508 e. The zero-order chi connectivity index (χ0) is 33.5. The first kappa shape index (κ1) is 35.7. The number of unbranched alkanes of at least 4 members (excludes halogenated alkanes) is 2. The Bertz CT molecular complexity index is 1450. The molecule has 0 bridgehead atoms. The van der Waals surface area contributed by atoms with Gasteiger partial charge in [-0.15, -0.1) is 0 Å². The number of phenolic OH excluding ortho intramolecular Hbond substituents is 1. The van der Waals surface area contributed by atoms with Gasteiger partial charge in [-0.3, -0.25) is 14.6 Å². The van der Waals surface area contributed by atoms with Crippen LogP contribution in [0.15, 0.2) is 58.1 Å². The summed E-state index contributed by atoms with van der Waals surface area (Å²) < 4.78 is 5.60. The molecule has 0 aliphatic heterocycles. The van der Waals surface area contributed by atoms with Crippen molar-refractivity contribution in [1.82, 2.24) is 20.8 Å². The number of carbonyl (C=O) groups is 2. The Balaban J connectivity index is 1.81. The molecule has 248 valence electrons. The normalized spacial score (nSPS) is 13.2. The Labute approximate surface area is 269 Å². The molecule has 0 radical (unpaired) electrons. The Morgan fingerprint density at radius 2 is 1.70 bits per heavy atom. The van der Waals surface area contributed by atoms with Crippen LogP contribution in [0, 0.1) is 13.8 Å². The summed E-state index contributed by atoms with van der Waals surface area (Å²) in [6.45, 7) is 4.65. The number of benzene rings is 2. The number of nitrogens with one attached hydrogen (secondary N) is 2. The van der Waals surface area contributed by atoms with Gasteiger partial charge in [0.1, 0.15) is 17.8 Å². The van der Waals surface area contributed by atoms with Gasteiger partial charge in [-0.25, -0.2) is 0 Å². The van der Waals surface area contributed by atoms with Crippen LogP contribution in [0.5, 0.6) is 5.75 Å². The van der Waals surface area contributed by atoms with Crippen molar-refractivity contribution in [3.05, 3.63) is 82.5 Å². The number of carbonyl (C=O) groups excluding carboxylic acids is 2. The smallest absolute Gasteiger partial charge is 0.249 e. The number of aliphatic imine (C=N–C) groups is 1. The molecule has 0 aliphatic carbocycles. The highest BCUT2D eigenvalue weighted by molar-refractivity contribution is 5.92. The van der Waals surface area contributed by atoms with Crippen molar-refractivity contribution in [3.63, 3.8) is 0 Å². The molecule has 2 amide bonds. The number of aryl methyl sites for hydroxylation is 2. The third-order valence-corrected chi connectivity index (χ3v) is 7.42. The van der Waals surface area contributed by atoms with Gasteiger partial charge in [0.2, 0.25) is 17.7 Å². The molecule has 1 aromatic heterocycles. The summed E-state index contributed by atoms with van der Waals surface area (Å²) >= 11 is 0. The molecule has 3 rings (SSSR count). The number of rotatable bonds is 18. The molecule has 13 nitrogen and oxygen atoms in total. The number of amides is 2. The second-order valence-corrected chi connectivity index (χ2v) is 11.3. The second kappa shape index (κ2) is 18.3. The van der Waals surface area contributed by atoms with Gasteiger partial charge >= 0.3 is 0 Å². The van der Waals surface area contributed by atoms with E-state index in [1.807, 2.05) is 44.2 Å². The first-order chi connectivity index (χ1) is 22.1. The highest BCUT2D eigenvalue weighted by Crippen LogP contribution is 2.23. The molecule has 0 saturated carbocycles. The fourth-order valence-electron chi connectivity index (χ4n) is 4.95. The predicted octanol–water partition coefficient (Wildman–Crippen LogP) is 2.24. The van der Waals surface area contributed by atoms with Gasteiger partial charge in [0, 0.05) is 13.0 Å². The van der Waals surface area contributed by atoms with E-state index in [1.54, 1.807) is 24.3 Å². The average molecular weight is 634 g/mol. The minimum Gasteiger partial charge on any atom is -0.508 e. The maximum atomic E-state index is 13.8. The Morgan fingerprint density at radius 1 is 1.00 bits per heavy atom. The van der Waals surface area contributed by atoms with Crippen molar-refractivity contribution in [2.45, 2.75) is 76.9 Å². The lowest BCUT2D eigenvalue weighted by atomic mass is 10.0. The molecule has 0 fully saturated rings. The molecule has 11 N–H and O–H groups in total. The summed E-state index contributed by atoms with van der Waals surface area (Å²) in [6, 6.07) is 10.5. The highest BCUT2D eigenvalue weighted by atomic mass is 16.5. The van der Waals surface area contributed by atoms with E-state index in [4.69, 9.17) is 27.5 Å². The van der Waals surface area contributed by atoms with Crippen LogP contribution in [0.4, 0.5) is 0 Å². The molecule has 13 heteroatoms. The third kappa shape index (κ3) is 11.6. The minimum absolute atomic E-state index is 0.0102. The Hall–Kier alpha value is -4.75. The summed E-state index contributed by atoms with van der Waals surface area (Å²) in [6.07, 6.45) is 7.46. The molecule has 2 aromatic carbocycles. The van der Waals surface area contributed by atoms with E-state index < -0.39 is 29.9 Å². The average Bonchev–Trinajstić information content (AvgIpc) is 3.47. The van der Waals surface area contributed by atoms with E-state index in [0.717, 1.165) is 28.7 Å². The molecule has 0 spiro atoms. The van der Waals surface area contributed by atoms with Crippen LogP contribution in [-0.4, -0.2) is 58.2 Å². The maximum Gasteiger partial charge on any atom is 0.249 e. The number of hydrogen-bond donors (Lipinski definition) is 7. The van der Waals surface area contributed by atoms with Crippen LogP contribution >= 0.6 is 0 Å². The van der Waals surface area contributed by atoms with Crippen LogP contribution in [0.3, 0.4) is 0 Å². The molecular formula is C33H47N9O4. The summed E-state index contributed by atoms with van der Waals surface area (Å²) in [5.74, 6) is -0.0306. The van der Waals surface area contributed by atoms with E-state index in [-0.39, 0.29) is 17.6 Å². The summed E-state index contributed by atoms with van der Waals surface area (Å²) in [5.41, 5.74) is 26.1. The molecule has 1 heterocycles. The number of nitrogens with zero attached hydrogens (tertiary/aromatic N) is 3. The number of nitrogens with two attached hydrogens (primary N) is 4. The minimum atomic E-state index is -1.07. The van der Waals surface area contributed by atoms with E-state index in [1.165, 1.54) is 0 Å². The van der Waals surface area contributed by atoms with E-state index in [2.05, 4.69) is 25.8 Å². The lowest BCUT2D eigenvalue weighted by Crippen LogP contribution is -2.51.